The van der Waals surface area contributed by atoms with Gasteiger partial charge in [-0.25, -0.2) is 14.4 Å². The van der Waals surface area contributed by atoms with Gasteiger partial charge in [-0.05, 0) is 61.7 Å². The van der Waals surface area contributed by atoms with E-state index in [1.54, 1.807) is 33.7 Å². The maximum absolute atomic E-state index is 15.0. The van der Waals surface area contributed by atoms with E-state index in [4.69, 9.17) is 10.00 Å². The van der Waals surface area contributed by atoms with Crippen LogP contribution in [-0.4, -0.2) is 81.4 Å². The normalized spacial score (nSPS) is 18.2. The molecule has 0 aliphatic carbocycles. The second kappa shape index (κ2) is 12.5. The SMILES string of the molecule is Cc1cc(Nc2nccn3c(-c4ccc(OCC#N)c(F)c4F)cnc23)ccc1C(=O)N1CCN(C(=O)C2C[C@H](C)CN2)CC1. The van der Waals surface area contributed by atoms with Crippen LogP contribution < -0.4 is 15.4 Å². The van der Waals surface area contributed by atoms with Crippen LogP contribution in [0.2, 0.25) is 0 Å². The summed E-state index contributed by atoms with van der Waals surface area (Å²) >= 11 is 0. The van der Waals surface area contributed by atoms with E-state index in [1.807, 2.05) is 17.9 Å². The number of ether oxygens (including phenoxy) is 1. The number of hydrogen-bond donors (Lipinski definition) is 2. The molecule has 45 heavy (non-hydrogen) atoms. The second-order valence-electron chi connectivity index (χ2n) is 11.4. The lowest BCUT2D eigenvalue weighted by Crippen LogP contribution is -2.54. The minimum atomic E-state index is -1.19. The van der Waals surface area contributed by atoms with Crippen LogP contribution in [0.25, 0.3) is 16.9 Å². The third-order valence-electron chi connectivity index (χ3n) is 8.29. The van der Waals surface area contributed by atoms with Crippen molar-refractivity contribution in [1.29, 1.82) is 5.26 Å². The van der Waals surface area contributed by atoms with Gasteiger partial charge >= 0.3 is 0 Å². The molecule has 2 saturated heterocycles. The number of halogens is 2. The quantitative estimate of drug-likeness (QED) is 0.321. The molecule has 4 aromatic rings. The summed E-state index contributed by atoms with van der Waals surface area (Å²) in [5, 5.41) is 15.2. The van der Waals surface area contributed by atoms with Crippen LogP contribution in [0.5, 0.6) is 5.75 Å². The minimum absolute atomic E-state index is 0.0323. The highest BCUT2D eigenvalue weighted by Crippen LogP contribution is 2.32. The highest BCUT2D eigenvalue weighted by atomic mass is 19.2. The molecule has 0 bridgehead atoms. The zero-order valence-electron chi connectivity index (χ0n) is 24.9. The van der Waals surface area contributed by atoms with Gasteiger partial charge in [0.2, 0.25) is 11.7 Å². The fourth-order valence-electron chi connectivity index (χ4n) is 5.90. The second-order valence-corrected chi connectivity index (χ2v) is 11.4. The van der Waals surface area contributed by atoms with Crippen molar-refractivity contribution in [3.8, 4) is 23.1 Å². The van der Waals surface area contributed by atoms with Gasteiger partial charge in [-0.3, -0.25) is 14.0 Å². The largest absolute Gasteiger partial charge is 0.476 e. The van der Waals surface area contributed by atoms with Crippen LogP contribution in [0.3, 0.4) is 0 Å². The van der Waals surface area contributed by atoms with Gasteiger partial charge in [0.25, 0.3) is 5.91 Å². The molecule has 13 heteroatoms. The van der Waals surface area contributed by atoms with Gasteiger partial charge in [-0.15, -0.1) is 0 Å². The molecule has 11 nitrogen and oxygen atoms in total. The van der Waals surface area contributed by atoms with Crippen molar-refractivity contribution in [2.24, 2.45) is 5.92 Å². The van der Waals surface area contributed by atoms with Crippen LogP contribution in [0.1, 0.15) is 29.3 Å². The summed E-state index contributed by atoms with van der Waals surface area (Å²) in [6.45, 7) is 6.40. The van der Waals surface area contributed by atoms with E-state index < -0.39 is 18.2 Å². The first kappa shape index (κ1) is 30.0. The topological polar surface area (TPSA) is 128 Å². The summed E-state index contributed by atoms with van der Waals surface area (Å²) in [7, 11) is 0. The lowest BCUT2D eigenvalue weighted by molar-refractivity contribution is -0.134. The van der Waals surface area contributed by atoms with Gasteiger partial charge in [0.05, 0.1) is 17.9 Å². The smallest absolute Gasteiger partial charge is 0.254 e. The van der Waals surface area contributed by atoms with E-state index in [0.29, 0.717) is 60.5 Å². The number of fused-ring (bicyclic) bond motifs is 1. The Balaban J connectivity index is 1.15. The highest BCUT2D eigenvalue weighted by Gasteiger charge is 2.33. The Morgan fingerprint density at radius 2 is 1.89 bits per heavy atom. The first-order valence-electron chi connectivity index (χ1n) is 14.7. The molecule has 0 spiro atoms. The van der Waals surface area contributed by atoms with E-state index >= 15 is 0 Å². The first-order valence-corrected chi connectivity index (χ1v) is 14.7. The maximum atomic E-state index is 15.0. The summed E-state index contributed by atoms with van der Waals surface area (Å²) in [5.41, 5.74) is 2.64. The van der Waals surface area contributed by atoms with Crippen molar-refractivity contribution < 1.29 is 23.1 Å². The van der Waals surface area contributed by atoms with Crippen LogP contribution in [0.4, 0.5) is 20.3 Å². The molecule has 0 saturated carbocycles. The van der Waals surface area contributed by atoms with Crippen LogP contribution >= 0.6 is 0 Å². The predicted octanol–water partition coefficient (Wildman–Crippen LogP) is 3.91. The standard InChI is InChI=1S/C32H32F2N8O3/c1-19-15-24(37-17-19)32(44)41-12-10-40(11-13-41)31(43)22-4-3-21(16-20(22)2)39-29-30-38-18-25(42(30)9-8-36-29)23-5-6-26(45-14-7-35)28(34)27(23)33/h3-6,8-9,16,18-19,24,37H,10-15,17H2,1-2H3,(H,36,39)/t19-,24?/m0/s1. The highest BCUT2D eigenvalue weighted by molar-refractivity contribution is 5.96. The van der Waals surface area contributed by atoms with Gasteiger partial charge in [0, 0.05) is 55.4 Å². The third-order valence-corrected chi connectivity index (χ3v) is 8.29. The van der Waals surface area contributed by atoms with Crippen molar-refractivity contribution in [3.63, 3.8) is 0 Å². The number of imidazole rings is 1. The molecule has 2 aromatic heterocycles. The number of hydrogen-bond acceptors (Lipinski definition) is 8. The van der Waals surface area contributed by atoms with Crippen molar-refractivity contribution in [2.45, 2.75) is 26.3 Å². The molecule has 232 valence electrons. The molecule has 2 aliphatic rings. The Morgan fingerprint density at radius 3 is 2.60 bits per heavy atom. The molecule has 2 fully saturated rings. The molecule has 4 heterocycles. The molecule has 2 atom stereocenters. The lowest BCUT2D eigenvalue weighted by Gasteiger charge is -2.36. The number of nitrogens with one attached hydrogen (secondary N) is 2. The molecule has 2 aromatic carbocycles. The minimum Gasteiger partial charge on any atom is -0.476 e. The third kappa shape index (κ3) is 5.88. The number of aromatic nitrogens is 3. The van der Waals surface area contributed by atoms with Crippen molar-refractivity contribution >= 4 is 29.0 Å². The number of anilines is 2. The van der Waals surface area contributed by atoms with Crippen LogP contribution in [-0.2, 0) is 4.79 Å². The van der Waals surface area contributed by atoms with E-state index in [9.17, 15) is 18.4 Å². The Kier molecular flexibility index (Phi) is 8.32. The zero-order valence-corrected chi connectivity index (χ0v) is 24.9. The molecule has 2 aliphatic heterocycles. The molecule has 1 unspecified atom stereocenters. The molecular formula is C32H32F2N8O3. The van der Waals surface area contributed by atoms with Gasteiger partial charge in [0.1, 0.15) is 6.07 Å². The first-order chi connectivity index (χ1) is 21.7. The molecule has 2 amide bonds. The summed E-state index contributed by atoms with van der Waals surface area (Å²) in [4.78, 5) is 38.7. The van der Waals surface area contributed by atoms with Gasteiger partial charge in [0.15, 0.2) is 29.6 Å². The lowest BCUT2D eigenvalue weighted by atomic mass is 10.1. The Bertz CT molecular complexity index is 1810. The summed E-state index contributed by atoms with van der Waals surface area (Å²) in [5.74, 6) is -1.77. The monoisotopic (exact) mass is 614 g/mol. The van der Waals surface area contributed by atoms with Gasteiger partial charge in [-0.1, -0.05) is 6.92 Å². The van der Waals surface area contributed by atoms with Crippen molar-refractivity contribution in [2.75, 3.05) is 44.6 Å². The van der Waals surface area contributed by atoms with Gasteiger partial charge in [-0.2, -0.15) is 9.65 Å². The predicted molar refractivity (Wildman–Crippen MR) is 162 cm³/mol. The number of piperazine rings is 1. The Morgan fingerprint density at radius 1 is 1.11 bits per heavy atom. The van der Waals surface area contributed by atoms with E-state index in [0.717, 1.165) is 18.5 Å². The van der Waals surface area contributed by atoms with Crippen molar-refractivity contribution in [3.05, 3.63) is 71.7 Å². The summed E-state index contributed by atoms with van der Waals surface area (Å²) < 4.78 is 36.1. The number of rotatable bonds is 7. The van der Waals surface area contributed by atoms with Crippen LogP contribution in [0, 0.1) is 35.8 Å². The molecular weight excluding hydrogens is 582 g/mol. The van der Waals surface area contributed by atoms with Gasteiger partial charge < -0.3 is 25.2 Å². The maximum Gasteiger partial charge on any atom is 0.254 e. The Labute approximate surface area is 258 Å². The summed E-state index contributed by atoms with van der Waals surface area (Å²) in [6, 6.07) is 9.59. The number of amides is 2. The van der Waals surface area contributed by atoms with E-state index in [1.165, 1.54) is 24.5 Å². The number of carbonyl (C=O) groups excluding carboxylic acids is 2. The average Bonchev–Trinajstić information content (AvgIpc) is 3.68. The van der Waals surface area contributed by atoms with Crippen molar-refractivity contribution in [1.82, 2.24) is 29.5 Å². The molecule has 0 radical (unpaired) electrons. The number of nitrogens with zero attached hydrogens (tertiary/aromatic N) is 6. The number of nitriles is 1. The summed E-state index contributed by atoms with van der Waals surface area (Å²) in [6.07, 6.45) is 5.36. The fourth-order valence-corrected chi connectivity index (χ4v) is 5.90. The zero-order chi connectivity index (χ0) is 31.7. The van der Waals surface area contributed by atoms with E-state index in [2.05, 4.69) is 27.5 Å². The van der Waals surface area contributed by atoms with E-state index in [-0.39, 0.29) is 29.2 Å². The number of benzene rings is 2. The Hall–Kier alpha value is -5.09. The van der Waals surface area contributed by atoms with Crippen LogP contribution in [0.15, 0.2) is 48.9 Å². The fraction of sp³-hybridized carbons (Fsp3) is 0.344. The number of carbonyl (C=O) groups is 2. The molecule has 2 N–H and O–H groups in total. The molecule has 6 rings (SSSR count). The average molecular weight is 615 g/mol. The number of aryl methyl sites for hydroxylation is 1.